The van der Waals surface area contributed by atoms with Gasteiger partial charge >= 0.3 is 6.18 Å². The van der Waals surface area contributed by atoms with Crippen molar-refractivity contribution in [2.24, 2.45) is 0 Å². The molecule has 12 heteroatoms. The van der Waals surface area contributed by atoms with Crippen LogP contribution in [0.4, 0.5) is 19.1 Å². The second-order valence-corrected chi connectivity index (χ2v) is 6.26. The number of H-pyrrole nitrogens is 1. The van der Waals surface area contributed by atoms with Gasteiger partial charge in [-0.05, 0) is 12.5 Å². The highest BCUT2D eigenvalue weighted by Gasteiger charge is 2.29. The molecule has 0 saturated heterocycles. The lowest BCUT2D eigenvalue weighted by Crippen LogP contribution is -2.43. The maximum atomic E-state index is 12.3. The third kappa shape index (κ3) is 4.66. The van der Waals surface area contributed by atoms with Crippen molar-refractivity contribution in [1.82, 2.24) is 30.2 Å². The van der Waals surface area contributed by atoms with Crippen LogP contribution in [-0.4, -0.2) is 49.6 Å². The van der Waals surface area contributed by atoms with Gasteiger partial charge in [0, 0.05) is 27.6 Å². The molecule has 0 spiro atoms. The number of carbonyl (C=O) groups excluding carboxylic acids is 1. The van der Waals surface area contributed by atoms with Gasteiger partial charge in [0.2, 0.25) is 11.9 Å². The van der Waals surface area contributed by atoms with Crippen LogP contribution in [0, 0.1) is 0 Å². The summed E-state index contributed by atoms with van der Waals surface area (Å²) in [6, 6.07) is 0.767. The number of aromatic amines is 1. The average molecular weight is 420 g/mol. The SMILES string of the molecule is CC[C@@H](Nc1ncnc(-c2c[nH]c3ncc(Cl)cc23)n1)C(=O)NCC(F)(F)F.[HH].[HH].[HH]. The minimum absolute atomic E-state index is 0. The van der Waals surface area contributed by atoms with Crippen LogP contribution < -0.4 is 10.6 Å². The first-order chi connectivity index (χ1) is 13.3. The first-order valence-electron chi connectivity index (χ1n) is 8.20. The maximum Gasteiger partial charge on any atom is 0.405 e. The van der Waals surface area contributed by atoms with Gasteiger partial charge < -0.3 is 15.6 Å². The summed E-state index contributed by atoms with van der Waals surface area (Å²) in [4.78, 5) is 31.4. The predicted molar refractivity (Wildman–Crippen MR) is 103 cm³/mol. The van der Waals surface area contributed by atoms with Crippen LogP contribution in [0.15, 0.2) is 24.8 Å². The molecule has 1 atom stereocenters. The van der Waals surface area contributed by atoms with Crippen LogP contribution >= 0.6 is 11.6 Å². The molecule has 3 aromatic heterocycles. The fourth-order valence-corrected chi connectivity index (χ4v) is 2.64. The van der Waals surface area contributed by atoms with Crippen molar-refractivity contribution in [3.8, 4) is 11.4 Å². The van der Waals surface area contributed by atoms with Crippen LogP contribution in [0.3, 0.4) is 0 Å². The Labute approximate surface area is 166 Å². The number of nitrogens with one attached hydrogen (secondary N) is 3. The third-order valence-electron chi connectivity index (χ3n) is 3.80. The number of pyridine rings is 1. The number of nitrogens with zero attached hydrogens (tertiary/aromatic N) is 4. The van der Waals surface area contributed by atoms with Crippen LogP contribution in [0.1, 0.15) is 17.6 Å². The van der Waals surface area contributed by atoms with Gasteiger partial charge in [-0.1, -0.05) is 18.5 Å². The van der Waals surface area contributed by atoms with Crippen molar-refractivity contribution in [3.63, 3.8) is 0 Å². The molecule has 154 valence electrons. The number of amides is 1. The van der Waals surface area contributed by atoms with Crippen molar-refractivity contribution in [3.05, 3.63) is 29.8 Å². The Kier molecular flexibility index (Phi) is 5.63. The molecule has 0 radical (unpaired) electrons. The Morgan fingerprint density at radius 2 is 2.14 bits per heavy atom. The monoisotopic (exact) mass is 419 g/mol. The second-order valence-electron chi connectivity index (χ2n) is 5.82. The number of fused-ring (bicyclic) bond motifs is 1. The highest BCUT2D eigenvalue weighted by Crippen LogP contribution is 2.27. The third-order valence-corrected chi connectivity index (χ3v) is 4.01. The number of alkyl halides is 3. The van der Waals surface area contributed by atoms with E-state index in [2.05, 4.69) is 30.2 Å². The number of hydrogen-bond donors (Lipinski definition) is 3. The average Bonchev–Trinajstić information content (AvgIpc) is 3.07. The van der Waals surface area contributed by atoms with Gasteiger partial charge in [-0.3, -0.25) is 4.79 Å². The summed E-state index contributed by atoms with van der Waals surface area (Å²) < 4.78 is 36.9. The number of rotatable bonds is 6. The molecule has 28 heavy (non-hydrogen) atoms. The maximum absolute atomic E-state index is 12.3. The van der Waals surface area contributed by atoms with E-state index >= 15 is 0 Å². The van der Waals surface area contributed by atoms with Gasteiger partial charge in [0.25, 0.3) is 0 Å². The van der Waals surface area contributed by atoms with Gasteiger partial charge in [-0.2, -0.15) is 18.2 Å². The fraction of sp³-hybridized carbons (Fsp3) is 0.312. The minimum atomic E-state index is -4.49. The van der Waals surface area contributed by atoms with Gasteiger partial charge in [0.15, 0.2) is 5.82 Å². The van der Waals surface area contributed by atoms with E-state index in [4.69, 9.17) is 11.6 Å². The van der Waals surface area contributed by atoms with E-state index in [0.717, 1.165) is 0 Å². The highest BCUT2D eigenvalue weighted by molar-refractivity contribution is 6.31. The second kappa shape index (κ2) is 7.97. The molecule has 3 heterocycles. The van der Waals surface area contributed by atoms with Gasteiger partial charge in [-0.25, -0.2) is 15.0 Å². The molecule has 1 amide bonds. The zero-order valence-electron chi connectivity index (χ0n) is 14.5. The minimum Gasteiger partial charge on any atom is -0.345 e. The molecular weight excluding hydrogens is 399 g/mol. The van der Waals surface area contributed by atoms with E-state index in [-0.39, 0.29) is 16.6 Å². The molecule has 3 rings (SSSR count). The van der Waals surface area contributed by atoms with E-state index in [0.29, 0.717) is 27.4 Å². The van der Waals surface area contributed by atoms with Crippen LogP contribution in [0.25, 0.3) is 22.4 Å². The molecule has 0 aliphatic carbocycles. The van der Waals surface area contributed by atoms with Crippen molar-refractivity contribution in [2.45, 2.75) is 25.6 Å². The van der Waals surface area contributed by atoms with Crippen LogP contribution in [0.5, 0.6) is 0 Å². The molecule has 8 nitrogen and oxygen atoms in total. The van der Waals surface area contributed by atoms with Crippen molar-refractivity contribution >= 4 is 34.5 Å². The van der Waals surface area contributed by atoms with Gasteiger partial charge in [-0.15, -0.1) is 0 Å². The molecule has 0 aromatic carbocycles. The van der Waals surface area contributed by atoms with E-state index in [1.54, 1.807) is 19.2 Å². The normalized spacial score (nSPS) is 12.8. The molecule has 3 N–H and O–H groups in total. The van der Waals surface area contributed by atoms with Crippen molar-refractivity contribution in [2.75, 3.05) is 11.9 Å². The lowest BCUT2D eigenvalue weighted by molar-refractivity contribution is -0.138. The number of halogens is 4. The first kappa shape index (κ1) is 19.8. The molecule has 0 aliphatic heterocycles. The van der Waals surface area contributed by atoms with Gasteiger partial charge in [0.05, 0.1) is 5.02 Å². The quantitative estimate of drug-likeness (QED) is 0.562. The lowest BCUT2D eigenvalue weighted by atomic mass is 10.2. The Morgan fingerprint density at radius 1 is 1.36 bits per heavy atom. The summed E-state index contributed by atoms with van der Waals surface area (Å²) in [6.45, 7) is 0.246. The Balaban J connectivity index is 0.00000300. The van der Waals surface area contributed by atoms with Crippen LogP contribution in [-0.2, 0) is 4.79 Å². The van der Waals surface area contributed by atoms with Gasteiger partial charge in [0.1, 0.15) is 24.6 Å². The van der Waals surface area contributed by atoms with Crippen molar-refractivity contribution < 1.29 is 22.2 Å². The number of hydrogen-bond acceptors (Lipinski definition) is 6. The lowest BCUT2D eigenvalue weighted by Gasteiger charge is -2.17. The summed E-state index contributed by atoms with van der Waals surface area (Å²) in [5, 5.41) is 5.71. The molecule has 3 aromatic rings. The van der Waals surface area contributed by atoms with Crippen LogP contribution in [0.2, 0.25) is 5.02 Å². The van der Waals surface area contributed by atoms with E-state index in [1.165, 1.54) is 12.5 Å². The number of anilines is 1. The van der Waals surface area contributed by atoms with E-state index in [9.17, 15) is 18.0 Å². The molecule has 0 saturated carbocycles. The Hall–Kier alpha value is -2.95. The molecule has 0 unspecified atom stereocenters. The van der Waals surface area contributed by atoms with E-state index < -0.39 is 24.7 Å². The zero-order valence-corrected chi connectivity index (χ0v) is 15.3. The standard InChI is InChI=1S/C16H15ClF3N7O.3H2/c1-2-11(14(28)23-6-16(18,19)20)26-15-25-7-24-13(27-15)10-5-22-12-9(10)3-8(17)4-21-12;;;/h3-5,7,11H,2,6H2,1H3,(H,21,22)(H,23,28)(H,24,25,26,27);3*1H/t11-;;;/m1.../s1. The fourth-order valence-electron chi connectivity index (χ4n) is 2.48. The topological polar surface area (TPSA) is 108 Å². The Bertz CT molecular complexity index is 1010. The first-order valence-corrected chi connectivity index (χ1v) is 8.57. The summed E-state index contributed by atoms with van der Waals surface area (Å²) in [6.07, 6.45) is 0.133. The molecule has 0 aliphatic rings. The number of carbonyl (C=O) groups is 1. The van der Waals surface area contributed by atoms with E-state index in [1.807, 2.05) is 5.32 Å². The molecular formula is C16H21ClF3N7O. The smallest absolute Gasteiger partial charge is 0.345 e. The predicted octanol–water partition coefficient (Wildman–Crippen LogP) is 3.68. The zero-order chi connectivity index (χ0) is 20.3. The van der Waals surface area contributed by atoms with Crippen molar-refractivity contribution in [1.29, 1.82) is 0 Å². The largest absolute Gasteiger partial charge is 0.405 e. The summed E-state index contributed by atoms with van der Waals surface area (Å²) >= 11 is 5.98. The molecule has 0 fully saturated rings. The Morgan fingerprint density at radius 3 is 2.86 bits per heavy atom. The number of aromatic nitrogens is 5. The summed E-state index contributed by atoms with van der Waals surface area (Å²) in [5.74, 6) is -0.452. The molecule has 0 bridgehead atoms. The highest BCUT2D eigenvalue weighted by atomic mass is 35.5. The summed E-state index contributed by atoms with van der Waals surface area (Å²) in [5.41, 5.74) is 1.21. The summed E-state index contributed by atoms with van der Waals surface area (Å²) in [7, 11) is 0.